The molecule has 0 aliphatic heterocycles. The van der Waals surface area contributed by atoms with E-state index >= 15 is 0 Å². The van der Waals surface area contributed by atoms with Crippen LogP contribution in [0.15, 0.2) is 189 Å². The number of amides is 3. The van der Waals surface area contributed by atoms with E-state index in [0.717, 1.165) is 142 Å². The van der Waals surface area contributed by atoms with Crippen molar-refractivity contribution in [2.24, 2.45) is 35.5 Å². The molecule has 26 heteroatoms. The van der Waals surface area contributed by atoms with Crippen LogP contribution in [0.25, 0.3) is 36.5 Å². The van der Waals surface area contributed by atoms with Gasteiger partial charge in [-0.05, 0) is 279 Å². The van der Waals surface area contributed by atoms with Crippen LogP contribution in [0.4, 0.5) is 18.9 Å². The van der Waals surface area contributed by atoms with Crippen LogP contribution in [0.5, 0.6) is 23.3 Å². The van der Waals surface area contributed by atoms with Gasteiger partial charge in [-0.3, -0.25) is 43.3 Å². The number of allylic oxidation sites excluding steroid dienone is 4. The number of methoxy groups -OCH3 is 4. The van der Waals surface area contributed by atoms with E-state index in [1.807, 2.05) is 140 Å². The molecule has 0 radical (unpaired) electrons. The number of rotatable bonds is 40. The first kappa shape index (κ1) is 116. The summed E-state index contributed by atoms with van der Waals surface area (Å²) in [6, 6.07) is 44.4. The molecule has 5 fully saturated rings. The molecule has 9 aromatic rings. The summed E-state index contributed by atoms with van der Waals surface area (Å²) in [6.45, 7) is 11.5. The predicted molar refractivity (Wildman–Crippen MR) is 582 cm³/mol. The highest BCUT2D eigenvalue weighted by molar-refractivity contribution is 7.92. The number of ketones is 4. The number of likely N-dealkylation sites (N-methyl/N-ethyl adjacent to an activating group) is 3. The average molecular weight is 2030 g/mol. The van der Waals surface area contributed by atoms with E-state index in [4.69, 9.17) is 24.1 Å². The number of nitrogens with one attached hydrogen (secondary N) is 4. The lowest BCUT2D eigenvalue weighted by molar-refractivity contribution is -0.120. The Labute approximate surface area is 868 Å². The number of alkyl halides is 3. The number of ether oxygens (including phenoxy) is 4. The molecule has 1 atom stereocenters. The fraction of sp³-hybridized carbons (Fsp3) is 0.446. The number of carbonyl (C=O) groups excluding carboxylic acids is 7. The number of hydrogen-bond acceptors (Lipinski definition) is 18. The zero-order valence-corrected chi connectivity index (χ0v) is 89.0. The van der Waals surface area contributed by atoms with Gasteiger partial charge in [-0.2, -0.15) is 0 Å². The van der Waals surface area contributed by atoms with Crippen LogP contribution in [-0.4, -0.2) is 154 Å². The zero-order valence-electron chi connectivity index (χ0n) is 88.2. The monoisotopic (exact) mass is 2030 g/mol. The van der Waals surface area contributed by atoms with E-state index in [1.54, 1.807) is 107 Å². The molecule has 0 bridgehead atoms. The maximum Gasteiger partial charge on any atom is 0.229 e. The van der Waals surface area contributed by atoms with Crippen molar-refractivity contribution in [2.45, 2.75) is 251 Å². The largest absolute Gasteiger partial charge is 0.496 e. The molecule has 14 rings (SSSR count). The summed E-state index contributed by atoms with van der Waals surface area (Å²) in [6.07, 6.45) is 48.6. The molecule has 5 N–H and O–H groups in total. The lowest BCUT2D eigenvalue weighted by atomic mass is 9.81. The van der Waals surface area contributed by atoms with Crippen molar-refractivity contribution in [3.63, 3.8) is 0 Å². The number of anilines is 1. The molecule has 5 aliphatic carbocycles. The third-order valence-corrected chi connectivity index (χ3v) is 28.6. The minimum atomic E-state index is -3.32. The highest BCUT2D eigenvalue weighted by Crippen LogP contribution is 2.44. The van der Waals surface area contributed by atoms with Crippen LogP contribution in [0.1, 0.15) is 308 Å². The van der Waals surface area contributed by atoms with Gasteiger partial charge < -0.3 is 40.0 Å². The van der Waals surface area contributed by atoms with Gasteiger partial charge in [0.2, 0.25) is 39.5 Å². The molecule has 4 aromatic heterocycles. The van der Waals surface area contributed by atoms with Crippen molar-refractivity contribution in [1.82, 2.24) is 35.9 Å². The first-order valence-electron chi connectivity index (χ1n) is 51.7. The second kappa shape index (κ2) is 57.5. The Bertz CT molecular complexity index is 5990. The van der Waals surface area contributed by atoms with Crippen molar-refractivity contribution >= 4 is 93.0 Å². The summed E-state index contributed by atoms with van der Waals surface area (Å²) in [5, 5.41) is 16.9. The highest BCUT2D eigenvalue weighted by atomic mass is 32.2. The molecule has 3 amide bonds. The standard InChI is InChI=1S/2C27H33FN2O3.C27H34N2O3.C22H26O3.C18H25FN2O2S/c1-27(28)13-11-19(12-14-27)7-9-22-17-23(30-18-25(22)33-3)24(31)10-8-20-5-4-6-21(15-20)16-26(32)29-2;1-27(28)13-11-19(12-14-27)7-9-22-17-23(18-30-26(22)33-3)24(31)10-8-20-5-4-6-21(15-20)16-25(32)29-2;1-19-7-9-20(10-8-19)11-13-23-17-24(18-29-27(23)32-3)25(30)14-12-21-5-4-6-22(15-21)16-26(31)28-2;1-16-4-6-18(7-5-16)8-9-20-15-19(10-11-22(20)25-3)21(24)14-17(2)12-13-23;1-18(19)9-7-13(8-10-18)3-4-15-11-16(21-24(2,22)23)12-20-17(15)14-5-6-14/h2*4-7,9,15,17-19H,8,10-14,16H2,1-3H3,(H,29,32);4-6,11,13,15,17-20H,7-10,12,14,16H2,1-3H3,(H,28,31);4-11,15,17,23H,12-14H2,1-3H3;3-4,11-14,21H,5-10H2,1-2H3/b2*9-7+;13-11+;9-8+;4-3+. The van der Waals surface area contributed by atoms with Gasteiger partial charge in [0.25, 0.3) is 0 Å². The van der Waals surface area contributed by atoms with Gasteiger partial charge in [-0.15, -0.1) is 0 Å². The molecule has 5 aromatic carbocycles. The van der Waals surface area contributed by atoms with Crippen LogP contribution < -0.4 is 39.6 Å². The molecule has 22 nitrogen and oxygen atoms in total. The minimum Gasteiger partial charge on any atom is -0.496 e. The first-order chi connectivity index (χ1) is 70.3. The second-order valence-corrected chi connectivity index (χ2v) is 42.5. The van der Waals surface area contributed by atoms with Crippen LogP contribution in [0, 0.1) is 42.4 Å². The summed E-state index contributed by atoms with van der Waals surface area (Å²) < 4.78 is 88.9. The van der Waals surface area contributed by atoms with E-state index in [2.05, 4.69) is 109 Å². The predicted octanol–water partition coefficient (Wildman–Crippen LogP) is 24.3. The normalized spacial score (nSPS) is 19.9. The van der Waals surface area contributed by atoms with Crippen molar-refractivity contribution < 1.29 is 79.2 Å². The molecule has 786 valence electrons. The van der Waals surface area contributed by atoms with E-state index in [0.29, 0.717) is 184 Å². The van der Waals surface area contributed by atoms with Gasteiger partial charge in [0, 0.05) is 111 Å². The van der Waals surface area contributed by atoms with Gasteiger partial charge >= 0.3 is 0 Å². The number of aromatic nitrogens is 4. The molecule has 1 unspecified atom stereocenters. The van der Waals surface area contributed by atoms with Crippen LogP contribution in [-0.2, 0) is 62.9 Å². The van der Waals surface area contributed by atoms with E-state index < -0.39 is 27.0 Å². The molecule has 5 saturated carbocycles. The number of sulfonamides is 1. The van der Waals surface area contributed by atoms with Crippen molar-refractivity contribution in [3.05, 3.63) is 289 Å². The fourth-order valence-electron chi connectivity index (χ4n) is 18.4. The smallest absolute Gasteiger partial charge is 0.229 e. The average Bonchev–Trinajstić information content (AvgIpc) is 1.67. The number of aliphatic hydroxyl groups is 1. The van der Waals surface area contributed by atoms with Gasteiger partial charge in [0.05, 0.1) is 77.7 Å². The fourth-order valence-corrected chi connectivity index (χ4v) is 19.0. The number of nitrogens with zero attached hydrogens (tertiary/aromatic N) is 4. The number of aliphatic hydroxyl groups excluding tert-OH is 1. The molecule has 147 heavy (non-hydrogen) atoms. The number of benzene rings is 5. The highest BCUT2D eigenvalue weighted by Gasteiger charge is 2.34. The Hall–Kier alpha value is -12.8. The van der Waals surface area contributed by atoms with Gasteiger partial charge in [0.15, 0.2) is 23.1 Å². The maximum atomic E-state index is 14.0. The van der Waals surface area contributed by atoms with Crippen molar-refractivity contribution in [2.75, 3.05) is 67.2 Å². The Morgan fingerprint density at radius 1 is 0.435 bits per heavy atom. The summed E-state index contributed by atoms with van der Waals surface area (Å²) in [4.78, 5) is 103. The van der Waals surface area contributed by atoms with Gasteiger partial charge in [-0.25, -0.2) is 36.5 Å². The lowest BCUT2D eigenvalue weighted by Gasteiger charge is -2.29. The van der Waals surface area contributed by atoms with Crippen LogP contribution in [0.3, 0.4) is 0 Å². The Morgan fingerprint density at radius 3 is 1.26 bits per heavy atom. The summed E-state index contributed by atoms with van der Waals surface area (Å²) in [7, 11) is 7.92. The lowest BCUT2D eigenvalue weighted by Crippen LogP contribution is -2.25. The van der Waals surface area contributed by atoms with Gasteiger partial charge in [0.1, 0.15) is 34.2 Å². The molecule has 4 heterocycles. The number of aryl methyl sites for hydroxylation is 4. The summed E-state index contributed by atoms with van der Waals surface area (Å²) in [5.74, 6) is 5.44. The summed E-state index contributed by atoms with van der Waals surface area (Å²) >= 11 is 0. The number of halogens is 3. The molecule has 5 aliphatic rings. The molecular weight excluding hydrogens is 1880 g/mol. The van der Waals surface area contributed by atoms with Crippen LogP contribution >= 0.6 is 0 Å². The first-order valence-corrected chi connectivity index (χ1v) is 53.6. The molecule has 0 saturated heterocycles. The van der Waals surface area contributed by atoms with E-state index in [-0.39, 0.29) is 53.4 Å². The molecular formula is C121H151F3N8O14S. The number of pyridine rings is 4. The third-order valence-electron chi connectivity index (χ3n) is 27.9. The maximum absolute atomic E-state index is 14.0. The SMILES string of the molecule is CC1(F)CCC(/C=C/c2cc(NS(C)(=O)=O)cnc2C2CC2)CC1.CNC(=O)Cc1cccc(CCC(=O)c2cc(/C=C/C3CCC(C)(F)CC3)c(OC)cn2)c1.CNC(=O)Cc1cccc(CCC(=O)c2cnc(OC)c(/C=C/C3CCC(C)(F)CC3)c2)c1.CNC(=O)Cc1cccc(CCC(=O)c2cnc(OC)c(/C=C/C3CCC(C)CC3)c2)c1.COc1ccc(C(=O)CC(C)CCO)cc1/C=C/c1ccc(C)cc1. The Kier molecular flexibility index (Phi) is 45.4. The van der Waals surface area contributed by atoms with E-state index in [1.165, 1.54) is 31.2 Å². The topological polar surface area (TPSA) is 310 Å². The number of carbonyl (C=O) groups is 7. The zero-order chi connectivity index (χ0) is 106. The quantitative estimate of drug-likeness (QED) is 0.0176. The number of Topliss-reactive ketones (excluding diaryl/α,β-unsaturated/α-hetero) is 4. The minimum absolute atomic E-state index is 0.00219. The Balaban J connectivity index is 0.000000189. The van der Waals surface area contributed by atoms with Crippen LogP contribution in [0.2, 0.25) is 0 Å². The number of hydrogen-bond donors (Lipinski definition) is 5. The van der Waals surface area contributed by atoms with Crippen molar-refractivity contribution in [1.29, 1.82) is 0 Å². The summed E-state index contributed by atoms with van der Waals surface area (Å²) in [5.41, 5.74) is 13.1. The van der Waals surface area contributed by atoms with Crippen molar-refractivity contribution in [3.8, 4) is 23.3 Å². The van der Waals surface area contributed by atoms with E-state index in [9.17, 15) is 55.2 Å². The third kappa shape index (κ3) is 40.1. The second-order valence-electron chi connectivity index (χ2n) is 40.7. The van der Waals surface area contributed by atoms with Gasteiger partial charge in [-0.1, -0.05) is 190 Å². The molecule has 0 spiro atoms. The Morgan fingerprint density at radius 2 is 0.844 bits per heavy atom.